The number of nitrogens with zero attached hydrogens (tertiary/aromatic N) is 1. The van der Waals surface area contributed by atoms with Crippen LogP contribution in [0.25, 0.3) is 0 Å². The van der Waals surface area contributed by atoms with Gasteiger partial charge in [-0.25, -0.2) is 0 Å². The number of hydrogen-bond donors (Lipinski definition) is 2. The summed E-state index contributed by atoms with van der Waals surface area (Å²) in [5, 5.41) is 2.87. The van der Waals surface area contributed by atoms with Crippen molar-refractivity contribution < 1.29 is 23.6 Å². The van der Waals surface area contributed by atoms with Crippen molar-refractivity contribution in [3.05, 3.63) is 23.2 Å². The Bertz CT molecular complexity index is 540. The molecule has 136 valence electrons. The number of aryl methyl sites for hydroxylation is 2. The van der Waals surface area contributed by atoms with Gasteiger partial charge < -0.3 is 24.3 Å². The summed E-state index contributed by atoms with van der Waals surface area (Å²) in [5.41, 5.74) is 0.542. The molecule has 0 aliphatic heterocycles. The first-order chi connectivity index (χ1) is 11.3. The molecular weight excluding hydrogens is 310 g/mol. The predicted octanol–water partition coefficient (Wildman–Crippen LogP) is -0.364. The summed E-state index contributed by atoms with van der Waals surface area (Å²) in [7, 11) is 5.66. The molecule has 0 unspecified atom stereocenters. The van der Waals surface area contributed by atoms with Crippen molar-refractivity contribution in [2.45, 2.75) is 20.3 Å². The molecule has 1 heterocycles. The largest absolute Gasteiger partial charge is 0.466 e. The van der Waals surface area contributed by atoms with Crippen molar-refractivity contribution >= 4 is 11.8 Å². The Morgan fingerprint density at radius 1 is 1.29 bits per heavy atom. The van der Waals surface area contributed by atoms with Crippen LogP contribution in [0.1, 0.15) is 28.3 Å². The van der Waals surface area contributed by atoms with E-state index in [2.05, 4.69) is 5.32 Å². The SMILES string of the molecule is COCCN(CCC(=O)NCC[NH+](C)C)C(=O)c1cc(C)oc1C. The van der Waals surface area contributed by atoms with Gasteiger partial charge in [-0.15, -0.1) is 0 Å². The van der Waals surface area contributed by atoms with Gasteiger partial charge in [-0.3, -0.25) is 9.59 Å². The summed E-state index contributed by atoms with van der Waals surface area (Å²) < 4.78 is 10.5. The van der Waals surface area contributed by atoms with Gasteiger partial charge in [0.2, 0.25) is 5.91 Å². The smallest absolute Gasteiger partial charge is 0.257 e. The van der Waals surface area contributed by atoms with Crippen LogP contribution in [0.4, 0.5) is 0 Å². The highest BCUT2D eigenvalue weighted by molar-refractivity contribution is 5.95. The number of carbonyl (C=O) groups is 2. The molecule has 0 aliphatic carbocycles. The van der Waals surface area contributed by atoms with E-state index in [-0.39, 0.29) is 18.2 Å². The Kier molecular flexibility index (Phi) is 8.49. The van der Waals surface area contributed by atoms with Crippen molar-refractivity contribution in [2.24, 2.45) is 0 Å². The highest BCUT2D eigenvalue weighted by atomic mass is 16.5. The first kappa shape index (κ1) is 20.2. The molecule has 2 N–H and O–H groups in total. The summed E-state index contributed by atoms with van der Waals surface area (Å²) in [4.78, 5) is 27.5. The highest BCUT2D eigenvalue weighted by Gasteiger charge is 2.21. The van der Waals surface area contributed by atoms with Gasteiger partial charge in [-0.2, -0.15) is 0 Å². The molecule has 2 amide bonds. The number of hydrogen-bond acceptors (Lipinski definition) is 4. The minimum Gasteiger partial charge on any atom is -0.466 e. The molecule has 0 radical (unpaired) electrons. The first-order valence-electron chi connectivity index (χ1n) is 8.26. The molecule has 1 rings (SSSR count). The van der Waals surface area contributed by atoms with Gasteiger partial charge in [0, 0.05) is 26.6 Å². The maximum atomic E-state index is 12.7. The lowest BCUT2D eigenvalue weighted by molar-refractivity contribution is -0.856. The third-order valence-corrected chi connectivity index (χ3v) is 3.68. The number of nitrogens with one attached hydrogen (secondary N) is 2. The summed E-state index contributed by atoms with van der Waals surface area (Å²) in [6.45, 7) is 6.29. The minimum atomic E-state index is -0.132. The van der Waals surface area contributed by atoms with Gasteiger partial charge in [0.25, 0.3) is 5.91 Å². The van der Waals surface area contributed by atoms with Gasteiger partial charge in [-0.05, 0) is 19.9 Å². The molecule has 1 aromatic heterocycles. The second-order valence-electron chi connectivity index (χ2n) is 6.17. The number of rotatable bonds is 10. The van der Waals surface area contributed by atoms with E-state index in [1.165, 1.54) is 4.90 Å². The van der Waals surface area contributed by atoms with Crippen molar-refractivity contribution in [1.29, 1.82) is 0 Å². The number of quaternary nitrogens is 1. The Labute approximate surface area is 143 Å². The lowest BCUT2D eigenvalue weighted by Gasteiger charge is -2.22. The second kappa shape index (κ2) is 10.1. The third kappa shape index (κ3) is 6.72. The fourth-order valence-corrected chi connectivity index (χ4v) is 2.31. The molecule has 0 saturated carbocycles. The number of methoxy groups -OCH3 is 1. The van der Waals surface area contributed by atoms with Crippen LogP contribution in [0.3, 0.4) is 0 Å². The Morgan fingerprint density at radius 3 is 2.54 bits per heavy atom. The van der Waals surface area contributed by atoms with Crippen LogP contribution in [-0.4, -0.2) is 70.7 Å². The van der Waals surface area contributed by atoms with Crippen LogP contribution in [0, 0.1) is 13.8 Å². The van der Waals surface area contributed by atoms with Gasteiger partial charge in [-0.1, -0.05) is 0 Å². The molecule has 0 bridgehead atoms. The van der Waals surface area contributed by atoms with E-state index < -0.39 is 0 Å². The number of carbonyl (C=O) groups excluding carboxylic acids is 2. The Balaban J connectivity index is 2.60. The Morgan fingerprint density at radius 2 is 2.00 bits per heavy atom. The zero-order valence-corrected chi connectivity index (χ0v) is 15.4. The predicted molar refractivity (Wildman–Crippen MR) is 91.3 cm³/mol. The maximum Gasteiger partial charge on any atom is 0.257 e. The fourth-order valence-electron chi connectivity index (χ4n) is 2.31. The standard InChI is InChI=1S/C17H29N3O4/c1-13-12-15(14(2)24-13)17(22)20(10-11-23-5)8-6-16(21)18-7-9-19(3)4/h12H,6-11H2,1-5H3,(H,18,21)/p+1. The van der Waals surface area contributed by atoms with Crippen molar-refractivity contribution in [2.75, 3.05) is 54.0 Å². The zero-order chi connectivity index (χ0) is 18.1. The average molecular weight is 340 g/mol. The van der Waals surface area contributed by atoms with Crippen LogP contribution in [0.5, 0.6) is 0 Å². The van der Waals surface area contributed by atoms with Crippen molar-refractivity contribution in [3.8, 4) is 0 Å². The fraction of sp³-hybridized carbons (Fsp3) is 0.647. The van der Waals surface area contributed by atoms with E-state index in [1.807, 2.05) is 21.0 Å². The van der Waals surface area contributed by atoms with E-state index in [1.54, 1.807) is 25.0 Å². The molecule has 0 atom stereocenters. The molecule has 1 aromatic rings. The van der Waals surface area contributed by atoms with Gasteiger partial charge >= 0.3 is 0 Å². The van der Waals surface area contributed by atoms with E-state index >= 15 is 0 Å². The molecule has 0 spiro atoms. The average Bonchev–Trinajstić information content (AvgIpc) is 2.85. The molecule has 7 heteroatoms. The van der Waals surface area contributed by atoms with Crippen molar-refractivity contribution in [3.63, 3.8) is 0 Å². The first-order valence-corrected chi connectivity index (χ1v) is 8.26. The molecule has 7 nitrogen and oxygen atoms in total. The Hall–Kier alpha value is -1.86. The summed E-state index contributed by atoms with van der Waals surface area (Å²) >= 11 is 0. The molecule has 0 aromatic carbocycles. The summed E-state index contributed by atoms with van der Waals surface area (Å²) in [6, 6.07) is 1.73. The van der Waals surface area contributed by atoms with Crippen LogP contribution in [-0.2, 0) is 9.53 Å². The van der Waals surface area contributed by atoms with Crippen molar-refractivity contribution in [1.82, 2.24) is 10.2 Å². The normalized spacial score (nSPS) is 10.9. The summed E-state index contributed by atoms with van der Waals surface area (Å²) in [5.74, 6) is 1.11. The van der Waals surface area contributed by atoms with Crippen LogP contribution >= 0.6 is 0 Å². The maximum absolute atomic E-state index is 12.7. The van der Waals surface area contributed by atoms with Gasteiger partial charge in [0.1, 0.15) is 11.5 Å². The number of amides is 2. The molecular formula is C17H30N3O4+. The number of likely N-dealkylation sites (N-methyl/N-ethyl adjacent to an activating group) is 1. The van der Waals surface area contributed by atoms with Crippen LogP contribution in [0.2, 0.25) is 0 Å². The van der Waals surface area contributed by atoms with E-state index in [4.69, 9.17) is 9.15 Å². The monoisotopic (exact) mass is 340 g/mol. The number of furan rings is 1. The second-order valence-corrected chi connectivity index (χ2v) is 6.17. The summed E-state index contributed by atoms with van der Waals surface area (Å²) in [6.07, 6.45) is 0.272. The molecule has 24 heavy (non-hydrogen) atoms. The van der Waals surface area contributed by atoms with E-state index in [0.717, 1.165) is 6.54 Å². The zero-order valence-electron chi connectivity index (χ0n) is 15.4. The van der Waals surface area contributed by atoms with E-state index in [0.29, 0.717) is 43.3 Å². The van der Waals surface area contributed by atoms with Crippen LogP contribution in [0.15, 0.2) is 10.5 Å². The highest BCUT2D eigenvalue weighted by Crippen LogP contribution is 2.16. The van der Waals surface area contributed by atoms with E-state index in [9.17, 15) is 9.59 Å². The molecule has 0 fully saturated rings. The quantitative estimate of drug-likeness (QED) is 0.610. The molecule has 0 saturated heterocycles. The van der Waals surface area contributed by atoms with Crippen LogP contribution < -0.4 is 10.2 Å². The lowest BCUT2D eigenvalue weighted by atomic mass is 10.2. The minimum absolute atomic E-state index is 0.0495. The topological polar surface area (TPSA) is 76.2 Å². The lowest BCUT2D eigenvalue weighted by Crippen LogP contribution is -3.06. The van der Waals surface area contributed by atoms with Gasteiger partial charge in [0.05, 0.1) is 39.4 Å². The van der Waals surface area contributed by atoms with Gasteiger partial charge in [0.15, 0.2) is 0 Å². The molecule has 0 aliphatic rings. The third-order valence-electron chi connectivity index (χ3n) is 3.68. The number of ether oxygens (including phenoxy) is 1.